The molecule has 2 atom stereocenters. The highest BCUT2D eigenvalue weighted by Crippen LogP contribution is 2.66. The van der Waals surface area contributed by atoms with Gasteiger partial charge in [-0.1, -0.05) is 40.6 Å². The van der Waals surface area contributed by atoms with Gasteiger partial charge in [0.05, 0.1) is 111 Å². The van der Waals surface area contributed by atoms with Crippen molar-refractivity contribution in [3.05, 3.63) is 29.8 Å². The van der Waals surface area contributed by atoms with Crippen LogP contribution in [0.15, 0.2) is 24.3 Å². The van der Waals surface area contributed by atoms with E-state index in [4.69, 9.17) is 42.6 Å². The van der Waals surface area contributed by atoms with Crippen LogP contribution in [0.1, 0.15) is 65.9 Å². The number of benzene rings is 1. The Bertz CT molecular complexity index is 2290. The number of likely N-dealkylation sites (tertiary alicyclic amines) is 1. The molecule has 2 aliphatic heterocycles. The predicted molar refractivity (Wildman–Crippen MR) is 304 cm³/mol. The number of nitrogens with one attached hydrogen (secondary N) is 4. The molecule has 0 aliphatic carbocycles. The summed E-state index contributed by atoms with van der Waals surface area (Å²) in [6.45, 7) is 8.76. The SMILES string of the molecule is CCc1ccc(NC(=O)COCC(=O)N[C@@H](CSC2CC(=O)N(CCC(=O)NCCOCCOCCOCCOCCC(=O)C3(C(C)=O)SS3)C2=O)C(=O)NCCOCCOCCOCCOCCC(=O)C(C(C)=O)(C(C)=O)C(C)=O)cc1. The second kappa shape index (κ2) is 40.3. The lowest BCUT2D eigenvalue weighted by Gasteiger charge is -2.23. The van der Waals surface area contributed by atoms with Crippen molar-refractivity contribution < 1.29 is 100 Å². The van der Waals surface area contributed by atoms with Crippen LogP contribution in [0.25, 0.3) is 0 Å². The van der Waals surface area contributed by atoms with Crippen LogP contribution in [0.3, 0.4) is 0 Å². The monoisotopic (exact) mass is 1230 g/mol. The zero-order valence-corrected chi connectivity index (χ0v) is 50.3. The summed E-state index contributed by atoms with van der Waals surface area (Å²) in [4.78, 5) is 151. The summed E-state index contributed by atoms with van der Waals surface area (Å²) in [7, 11) is 2.55. The lowest BCUT2D eigenvalue weighted by Crippen LogP contribution is -2.50. The maximum atomic E-state index is 13.4. The van der Waals surface area contributed by atoms with Crippen LogP contribution in [0.4, 0.5) is 5.69 Å². The second-order valence-electron chi connectivity index (χ2n) is 18.5. The lowest BCUT2D eigenvalue weighted by atomic mass is 9.72. The molecule has 26 nitrogen and oxygen atoms in total. The minimum absolute atomic E-state index is 0.0316. The Labute approximate surface area is 495 Å². The number of rotatable bonds is 50. The number of amides is 6. The third-order valence-electron chi connectivity index (χ3n) is 12.4. The number of carbonyl (C=O) groups excluding carboxylic acids is 12. The fourth-order valence-corrected chi connectivity index (χ4v) is 11.2. The molecule has 0 bridgehead atoms. The number of imide groups is 1. The number of aryl methyl sites for hydroxylation is 1. The summed E-state index contributed by atoms with van der Waals surface area (Å²) in [5, 5.41) is 9.72. The summed E-state index contributed by atoms with van der Waals surface area (Å²) in [6.07, 6.45) is 0.351. The van der Waals surface area contributed by atoms with Gasteiger partial charge in [0.1, 0.15) is 19.3 Å². The number of hydrogen-bond acceptors (Lipinski definition) is 24. The van der Waals surface area contributed by atoms with Crippen LogP contribution in [-0.2, 0) is 107 Å². The van der Waals surface area contributed by atoms with Crippen LogP contribution in [0.5, 0.6) is 0 Å². The van der Waals surface area contributed by atoms with Gasteiger partial charge in [0.25, 0.3) is 0 Å². The highest BCUT2D eigenvalue weighted by Gasteiger charge is 2.57. The normalized spacial score (nSPS) is 14.9. The number of ether oxygens (including phenoxy) is 9. The van der Waals surface area contributed by atoms with E-state index in [1.807, 2.05) is 19.1 Å². The van der Waals surface area contributed by atoms with Gasteiger partial charge in [0.15, 0.2) is 38.8 Å². The Morgan fingerprint density at radius 1 is 0.602 bits per heavy atom. The fourth-order valence-electron chi connectivity index (χ4n) is 7.83. The molecule has 2 heterocycles. The van der Waals surface area contributed by atoms with Crippen molar-refractivity contribution in [2.45, 2.75) is 82.1 Å². The number of hydrogen-bond donors (Lipinski definition) is 4. The van der Waals surface area contributed by atoms with E-state index in [1.165, 1.54) is 28.5 Å². The molecule has 2 fully saturated rings. The van der Waals surface area contributed by atoms with Crippen molar-refractivity contribution in [2.24, 2.45) is 5.41 Å². The molecule has 1 aromatic rings. The van der Waals surface area contributed by atoms with Crippen LogP contribution in [0, 0.1) is 5.41 Å². The van der Waals surface area contributed by atoms with E-state index >= 15 is 0 Å². The number of ketones is 6. The number of anilines is 1. The Morgan fingerprint density at radius 3 is 1.55 bits per heavy atom. The molecule has 2 saturated heterocycles. The number of nitrogens with zero attached hydrogens (tertiary/aromatic N) is 1. The number of thioether (sulfide) groups is 1. The van der Waals surface area contributed by atoms with Crippen molar-refractivity contribution >= 4 is 109 Å². The van der Waals surface area contributed by atoms with Gasteiger partial charge in [0, 0.05) is 56.8 Å². The van der Waals surface area contributed by atoms with E-state index in [0.29, 0.717) is 32.1 Å². The zero-order chi connectivity index (χ0) is 61.0. The van der Waals surface area contributed by atoms with E-state index in [-0.39, 0.29) is 142 Å². The average molecular weight is 1230 g/mol. The summed E-state index contributed by atoms with van der Waals surface area (Å²) < 4.78 is 48.0. The summed E-state index contributed by atoms with van der Waals surface area (Å²) >= 11 is 0.989. The summed E-state index contributed by atoms with van der Waals surface area (Å²) in [5.41, 5.74) is -0.666. The molecule has 3 rings (SSSR count). The zero-order valence-electron chi connectivity index (χ0n) is 47.8. The molecule has 0 radical (unpaired) electrons. The van der Waals surface area contributed by atoms with Crippen LogP contribution < -0.4 is 21.3 Å². The van der Waals surface area contributed by atoms with Crippen LogP contribution >= 0.6 is 33.3 Å². The largest absolute Gasteiger partial charge is 0.379 e. The van der Waals surface area contributed by atoms with Gasteiger partial charge in [-0.25, -0.2) is 0 Å². The van der Waals surface area contributed by atoms with Gasteiger partial charge in [-0.2, -0.15) is 0 Å². The van der Waals surface area contributed by atoms with E-state index in [9.17, 15) is 57.5 Å². The predicted octanol–water partition coefficient (Wildman–Crippen LogP) is 0.657. The minimum Gasteiger partial charge on any atom is -0.379 e. The van der Waals surface area contributed by atoms with Gasteiger partial charge >= 0.3 is 0 Å². The minimum atomic E-state index is -2.30. The Kier molecular flexibility index (Phi) is 35.1. The first-order chi connectivity index (χ1) is 39.8. The Morgan fingerprint density at radius 2 is 1.07 bits per heavy atom. The Balaban J connectivity index is 1.30. The lowest BCUT2D eigenvalue weighted by molar-refractivity contribution is -0.154. The molecule has 6 amide bonds. The van der Waals surface area contributed by atoms with Crippen molar-refractivity contribution in [3.8, 4) is 0 Å². The molecule has 29 heteroatoms. The highest BCUT2D eigenvalue weighted by molar-refractivity contribution is 8.94. The van der Waals surface area contributed by atoms with Gasteiger partial charge in [-0.05, 0) is 51.8 Å². The average Bonchev–Trinajstić information content (AvgIpc) is 4.43. The van der Waals surface area contributed by atoms with Gasteiger partial charge in [-0.15, -0.1) is 11.8 Å². The van der Waals surface area contributed by atoms with Gasteiger partial charge < -0.3 is 63.9 Å². The molecule has 464 valence electrons. The number of carbonyl (C=O) groups is 12. The maximum Gasteiger partial charge on any atom is 0.250 e. The second-order valence-corrected chi connectivity index (χ2v) is 22.6. The van der Waals surface area contributed by atoms with E-state index in [2.05, 4.69) is 21.3 Å². The molecule has 83 heavy (non-hydrogen) atoms. The van der Waals surface area contributed by atoms with Gasteiger partial charge in [0.2, 0.25) is 40.9 Å². The fraction of sp³-hybridized carbons (Fsp3) is 0.667. The number of Topliss-reactive ketones (excluding diaryl/α,β-unsaturated/α-hetero) is 6. The first kappa shape index (κ1) is 72.2. The van der Waals surface area contributed by atoms with E-state index < -0.39 is 92.6 Å². The molecule has 0 spiro atoms. The van der Waals surface area contributed by atoms with E-state index in [1.54, 1.807) is 12.1 Å². The van der Waals surface area contributed by atoms with E-state index in [0.717, 1.165) is 49.4 Å². The van der Waals surface area contributed by atoms with Crippen molar-refractivity contribution in [3.63, 3.8) is 0 Å². The molecule has 0 saturated carbocycles. The molecular weight excluding hydrogens is 1150 g/mol. The van der Waals surface area contributed by atoms with Crippen molar-refractivity contribution in [2.75, 3.05) is 150 Å². The standard InChI is InChI=1S/C54H79N5O21S3/c1-6-41-7-9-42(10-8-41)57-48(67)34-80-35-49(68)58-43(51(70)56-15-20-75-24-28-79-32-29-76-25-21-72-17-12-45(64)53(37(2)60,38(3)61)39(4)62)36-81-44-33-50(69)59(52(44)71)16-11-47(66)55-14-19-74-23-27-78-31-30-77-26-22-73-18-13-46(65)54(40(5)63)82-83-54/h7-10,43-44H,6,11-36H2,1-5H3,(H,55,66)(H,56,70)(H,57,67)(H,58,68)/t43-,44?/m0/s1. The first-order valence-corrected chi connectivity index (χ1v) is 30.3. The maximum absolute atomic E-state index is 13.4. The summed E-state index contributed by atoms with van der Waals surface area (Å²) in [6, 6.07) is 6.04. The third-order valence-corrected chi connectivity index (χ3v) is 16.7. The molecule has 0 aromatic heterocycles. The van der Waals surface area contributed by atoms with Crippen molar-refractivity contribution in [1.29, 1.82) is 0 Å². The molecular formula is C54H79N5O21S3. The van der Waals surface area contributed by atoms with Crippen LogP contribution in [0.2, 0.25) is 0 Å². The molecule has 1 unspecified atom stereocenters. The third kappa shape index (κ3) is 26.4. The highest BCUT2D eigenvalue weighted by atomic mass is 33.2. The molecule has 1 aromatic carbocycles. The van der Waals surface area contributed by atoms with Crippen molar-refractivity contribution in [1.82, 2.24) is 20.9 Å². The quantitative estimate of drug-likeness (QED) is 0.0229. The smallest absolute Gasteiger partial charge is 0.250 e. The van der Waals surface area contributed by atoms with Gasteiger partial charge in [-0.3, -0.25) is 62.4 Å². The molecule has 2 aliphatic rings. The topological polar surface area (TPSA) is 339 Å². The van der Waals surface area contributed by atoms with Crippen LogP contribution in [-0.4, -0.2) is 235 Å². The summed E-state index contributed by atoms with van der Waals surface area (Å²) in [5.74, 6) is -6.98. The molecule has 4 N–H and O–H groups in total. The first-order valence-electron chi connectivity index (χ1n) is 27.2. The Hall–Kier alpha value is -5.05.